The molecule has 0 saturated heterocycles. The van der Waals surface area contributed by atoms with E-state index in [2.05, 4.69) is 5.10 Å². The van der Waals surface area contributed by atoms with Gasteiger partial charge in [0.25, 0.3) is 0 Å². The van der Waals surface area contributed by atoms with Gasteiger partial charge in [0.1, 0.15) is 5.82 Å². The van der Waals surface area contributed by atoms with Crippen molar-refractivity contribution in [1.29, 1.82) is 0 Å². The smallest absolute Gasteiger partial charge is 0.308 e. The molecule has 3 aliphatic carbocycles. The van der Waals surface area contributed by atoms with Gasteiger partial charge in [-0.1, -0.05) is 6.07 Å². The summed E-state index contributed by atoms with van der Waals surface area (Å²) in [6.07, 6.45) is 4.67. The third-order valence-corrected chi connectivity index (χ3v) is 5.55. The highest BCUT2D eigenvalue weighted by Gasteiger charge is 2.49. The third kappa shape index (κ3) is 2.02. The number of hydrogen-bond acceptors (Lipinski definition) is 3. The van der Waals surface area contributed by atoms with Crippen molar-refractivity contribution in [3.8, 4) is 0 Å². The van der Waals surface area contributed by atoms with Gasteiger partial charge < -0.3 is 4.74 Å². The molecule has 1 aromatic carbocycles. The van der Waals surface area contributed by atoms with Crippen molar-refractivity contribution in [2.45, 2.75) is 25.8 Å². The molecule has 3 aliphatic rings. The highest BCUT2D eigenvalue weighted by molar-refractivity contribution is 5.79. The van der Waals surface area contributed by atoms with Crippen molar-refractivity contribution >= 4 is 16.9 Å². The first-order valence-corrected chi connectivity index (χ1v) is 7.85. The van der Waals surface area contributed by atoms with E-state index in [4.69, 9.17) is 4.74 Å². The van der Waals surface area contributed by atoms with Crippen LogP contribution < -0.4 is 0 Å². The molecular weight excluding hydrogens is 283 g/mol. The first kappa shape index (κ1) is 13.7. The fraction of sp³-hybridized carbons (Fsp3) is 0.529. The lowest BCUT2D eigenvalue weighted by Gasteiger charge is -2.50. The molecule has 5 rings (SSSR count). The normalized spacial score (nSPS) is 30.1. The van der Waals surface area contributed by atoms with Gasteiger partial charge in [0.15, 0.2) is 0 Å². The molecule has 1 aromatic heterocycles. The number of halogens is 1. The van der Waals surface area contributed by atoms with Crippen LogP contribution in [0.3, 0.4) is 0 Å². The van der Waals surface area contributed by atoms with Crippen LogP contribution in [0.1, 0.15) is 19.3 Å². The highest BCUT2D eigenvalue weighted by atomic mass is 19.1. The highest BCUT2D eigenvalue weighted by Crippen LogP contribution is 2.52. The van der Waals surface area contributed by atoms with Crippen LogP contribution in [-0.2, 0) is 16.1 Å². The fourth-order valence-electron chi connectivity index (χ4n) is 4.23. The predicted octanol–water partition coefficient (Wildman–Crippen LogP) is 3.01. The minimum Gasteiger partial charge on any atom is -0.469 e. The van der Waals surface area contributed by atoms with Crippen LogP contribution >= 0.6 is 0 Å². The van der Waals surface area contributed by atoms with Crippen LogP contribution in [0, 0.1) is 29.5 Å². The van der Waals surface area contributed by atoms with Gasteiger partial charge in [0.2, 0.25) is 0 Å². The van der Waals surface area contributed by atoms with Crippen LogP contribution in [-0.4, -0.2) is 22.9 Å². The second-order valence-electron chi connectivity index (χ2n) is 6.62. The summed E-state index contributed by atoms with van der Waals surface area (Å²) in [4.78, 5) is 11.9. The molecule has 0 N–H and O–H groups in total. The minimum absolute atomic E-state index is 0.0264. The van der Waals surface area contributed by atoms with Crippen molar-refractivity contribution < 1.29 is 13.9 Å². The molecule has 0 aliphatic heterocycles. The van der Waals surface area contributed by atoms with E-state index < -0.39 is 0 Å². The SMILES string of the molecule is COC(=O)[C@H]1C[C@@H](Cn2ncc3c(F)cccc32)C2CC1C2. The molecule has 4 nitrogen and oxygen atoms in total. The Kier molecular flexibility index (Phi) is 3.17. The van der Waals surface area contributed by atoms with Gasteiger partial charge in [-0.15, -0.1) is 0 Å². The van der Waals surface area contributed by atoms with Crippen molar-refractivity contribution in [3.63, 3.8) is 0 Å². The van der Waals surface area contributed by atoms with Crippen LogP contribution in [0.15, 0.2) is 24.4 Å². The molecule has 0 radical (unpaired) electrons. The Bertz CT molecular complexity index is 721. The van der Waals surface area contributed by atoms with E-state index in [0.29, 0.717) is 23.1 Å². The summed E-state index contributed by atoms with van der Waals surface area (Å²) >= 11 is 0. The van der Waals surface area contributed by atoms with Crippen molar-refractivity contribution in [2.75, 3.05) is 7.11 Å². The predicted molar refractivity (Wildman–Crippen MR) is 79.5 cm³/mol. The molecule has 2 aromatic rings. The Morgan fingerprint density at radius 1 is 1.36 bits per heavy atom. The van der Waals surface area contributed by atoms with Gasteiger partial charge in [0, 0.05) is 6.54 Å². The number of aromatic nitrogens is 2. The zero-order chi connectivity index (χ0) is 15.3. The van der Waals surface area contributed by atoms with E-state index in [1.807, 2.05) is 10.7 Å². The summed E-state index contributed by atoms with van der Waals surface area (Å²) in [6, 6.07) is 5.07. The quantitative estimate of drug-likeness (QED) is 0.819. The summed E-state index contributed by atoms with van der Waals surface area (Å²) in [6.45, 7) is 0.748. The second-order valence-corrected chi connectivity index (χ2v) is 6.62. The Morgan fingerprint density at radius 2 is 2.18 bits per heavy atom. The maximum absolute atomic E-state index is 13.8. The Balaban J connectivity index is 1.57. The number of rotatable bonds is 3. The number of carbonyl (C=O) groups is 1. The molecule has 2 atom stereocenters. The summed E-state index contributed by atoms with van der Waals surface area (Å²) in [5.74, 6) is 1.30. The monoisotopic (exact) mass is 302 g/mol. The van der Waals surface area contributed by atoms with E-state index in [1.165, 1.54) is 13.2 Å². The van der Waals surface area contributed by atoms with Crippen molar-refractivity contribution in [3.05, 3.63) is 30.2 Å². The first-order chi connectivity index (χ1) is 10.7. The van der Waals surface area contributed by atoms with Gasteiger partial charge in [-0.05, 0) is 49.1 Å². The molecular formula is C17H19FN2O2. The van der Waals surface area contributed by atoms with Crippen molar-refractivity contribution in [2.24, 2.45) is 23.7 Å². The second kappa shape index (κ2) is 5.07. The van der Waals surface area contributed by atoms with E-state index in [0.717, 1.165) is 31.3 Å². The average Bonchev–Trinajstić information content (AvgIpc) is 2.89. The number of carbonyl (C=O) groups excluding carboxylic acids is 1. The molecule has 0 unspecified atom stereocenters. The number of ether oxygens (including phenoxy) is 1. The third-order valence-electron chi connectivity index (χ3n) is 5.55. The zero-order valence-corrected chi connectivity index (χ0v) is 12.5. The van der Waals surface area contributed by atoms with E-state index in [9.17, 15) is 9.18 Å². The summed E-state index contributed by atoms with van der Waals surface area (Å²) in [5.41, 5.74) is 0.830. The van der Waals surface area contributed by atoms with E-state index in [1.54, 1.807) is 12.3 Å². The van der Waals surface area contributed by atoms with Gasteiger partial charge in [-0.2, -0.15) is 5.10 Å². The van der Waals surface area contributed by atoms with Gasteiger partial charge in [-0.25, -0.2) is 4.39 Å². The standard InChI is InChI=1S/C17H19FN2O2/c1-22-17(21)13-7-12(10-5-11(13)6-10)9-20-16-4-2-3-15(18)14(16)8-19-20/h2-4,8,10-13H,5-7,9H2,1H3/t10?,11?,12-,13-/m0/s1. The number of nitrogens with zero attached hydrogens (tertiary/aromatic N) is 2. The molecule has 5 heteroatoms. The van der Waals surface area contributed by atoms with E-state index in [-0.39, 0.29) is 17.7 Å². The lowest BCUT2D eigenvalue weighted by atomic mass is 9.55. The number of hydrogen-bond donors (Lipinski definition) is 0. The lowest BCUT2D eigenvalue weighted by molar-refractivity contribution is -0.156. The zero-order valence-electron chi connectivity index (χ0n) is 12.5. The Labute approximate surface area is 128 Å². The molecule has 22 heavy (non-hydrogen) atoms. The molecule has 3 saturated carbocycles. The van der Waals surface area contributed by atoms with Gasteiger partial charge >= 0.3 is 5.97 Å². The van der Waals surface area contributed by atoms with Crippen LogP contribution in [0.5, 0.6) is 0 Å². The summed E-state index contributed by atoms with van der Waals surface area (Å²) in [5, 5.41) is 4.92. The Morgan fingerprint density at radius 3 is 2.95 bits per heavy atom. The van der Waals surface area contributed by atoms with Gasteiger partial charge in [-0.3, -0.25) is 9.48 Å². The van der Waals surface area contributed by atoms with Gasteiger partial charge in [0.05, 0.1) is 30.1 Å². The first-order valence-electron chi connectivity index (χ1n) is 7.85. The molecule has 0 amide bonds. The maximum atomic E-state index is 13.8. The lowest BCUT2D eigenvalue weighted by Crippen LogP contribution is -2.47. The Hall–Kier alpha value is -1.91. The molecule has 1 heterocycles. The fourth-order valence-corrected chi connectivity index (χ4v) is 4.23. The van der Waals surface area contributed by atoms with E-state index >= 15 is 0 Å². The topological polar surface area (TPSA) is 44.1 Å². The molecule has 3 fully saturated rings. The maximum Gasteiger partial charge on any atom is 0.308 e. The number of methoxy groups -OCH3 is 1. The van der Waals surface area contributed by atoms with Crippen LogP contribution in [0.25, 0.3) is 10.9 Å². The largest absolute Gasteiger partial charge is 0.469 e. The molecule has 2 bridgehead atoms. The van der Waals surface area contributed by atoms with Crippen LogP contribution in [0.4, 0.5) is 4.39 Å². The number of esters is 1. The summed E-state index contributed by atoms with van der Waals surface area (Å²) in [7, 11) is 1.46. The van der Waals surface area contributed by atoms with Crippen LogP contribution in [0.2, 0.25) is 0 Å². The minimum atomic E-state index is -0.233. The number of benzene rings is 1. The summed E-state index contributed by atoms with van der Waals surface area (Å²) < 4.78 is 20.6. The molecule has 0 spiro atoms. The average molecular weight is 302 g/mol. The molecule has 116 valence electrons. The van der Waals surface area contributed by atoms with Crippen molar-refractivity contribution in [1.82, 2.24) is 9.78 Å². The number of fused-ring (bicyclic) bond motifs is 3.